The quantitative estimate of drug-likeness (QED) is 0.781. The van der Waals surface area contributed by atoms with Crippen molar-refractivity contribution in [1.29, 1.82) is 0 Å². The summed E-state index contributed by atoms with van der Waals surface area (Å²) in [5.74, 6) is 0.0754. The summed E-state index contributed by atoms with van der Waals surface area (Å²) in [6.45, 7) is -0.0794. The zero-order valence-electron chi connectivity index (χ0n) is 11.1. The summed E-state index contributed by atoms with van der Waals surface area (Å²) >= 11 is 3.22. The predicted octanol–water partition coefficient (Wildman–Crippen LogP) is 2.99. The molecule has 6 heteroatoms. The number of nitrogens with two attached hydrogens (primary N) is 1. The van der Waals surface area contributed by atoms with Crippen LogP contribution in [0, 0.1) is 5.82 Å². The normalized spacial score (nSPS) is 12.0. The predicted molar refractivity (Wildman–Crippen MR) is 82.0 cm³/mol. The van der Waals surface area contributed by atoms with E-state index in [2.05, 4.69) is 15.9 Å². The Morgan fingerprint density at radius 3 is 2.48 bits per heavy atom. The molecule has 1 atom stereocenters. The second kappa shape index (κ2) is 7.28. The van der Waals surface area contributed by atoms with Crippen LogP contribution in [0.4, 0.5) is 10.1 Å². The summed E-state index contributed by atoms with van der Waals surface area (Å²) in [7, 11) is 0. The van der Waals surface area contributed by atoms with Gasteiger partial charge >= 0.3 is 0 Å². The number of anilines is 1. The number of halogens is 2. The van der Waals surface area contributed by atoms with Crippen LogP contribution in [-0.2, 0) is 0 Å². The lowest BCUT2D eigenvalue weighted by Crippen LogP contribution is -2.25. The van der Waals surface area contributed by atoms with E-state index >= 15 is 0 Å². The summed E-state index contributed by atoms with van der Waals surface area (Å²) in [4.78, 5) is 0. The zero-order chi connectivity index (χ0) is 15.2. The first-order valence-corrected chi connectivity index (χ1v) is 7.09. The van der Waals surface area contributed by atoms with E-state index in [0.29, 0.717) is 15.9 Å². The van der Waals surface area contributed by atoms with Crippen LogP contribution in [-0.4, -0.2) is 24.4 Å². The lowest BCUT2D eigenvalue weighted by atomic mass is 10.3. The third-order valence-corrected chi connectivity index (χ3v) is 3.17. The molecule has 0 saturated heterocycles. The molecule has 0 bridgehead atoms. The maximum atomic E-state index is 13.4. The highest BCUT2D eigenvalue weighted by Crippen LogP contribution is 2.23. The van der Waals surface area contributed by atoms with Crippen LogP contribution < -0.4 is 15.2 Å². The molecule has 1 unspecified atom stereocenters. The molecule has 112 valence electrons. The van der Waals surface area contributed by atoms with Gasteiger partial charge in [0.25, 0.3) is 0 Å². The monoisotopic (exact) mass is 355 g/mol. The molecule has 2 rings (SSSR count). The van der Waals surface area contributed by atoms with Crippen molar-refractivity contribution in [2.45, 2.75) is 6.10 Å². The Labute approximate surface area is 130 Å². The first-order chi connectivity index (χ1) is 10.1. The topological polar surface area (TPSA) is 64.7 Å². The molecule has 4 nitrogen and oxygen atoms in total. The van der Waals surface area contributed by atoms with Crippen LogP contribution in [0.15, 0.2) is 46.9 Å². The van der Waals surface area contributed by atoms with Gasteiger partial charge in [0.1, 0.15) is 25.1 Å². The van der Waals surface area contributed by atoms with Crippen molar-refractivity contribution in [3.05, 3.63) is 52.8 Å². The van der Waals surface area contributed by atoms with Crippen molar-refractivity contribution >= 4 is 21.6 Å². The van der Waals surface area contributed by atoms with Gasteiger partial charge in [0.2, 0.25) is 0 Å². The number of hydrogen-bond donors (Lipinski definition) is 2. The van der Waals surface area contributed by atoms with Gasteiger partial charge in [0.05, 0.1) is 5.69 Å². The molecule has 0 amide bonds. The van der Waals surface area contributed by atoms with E-state index in [0.717, 1.165) is 0 Å². The maximum Gasteiger partial charge on any atom is 0.165 e. The fourth-order valence-corrected chi connectivity index (χ4v) is 1.96. The second-order valence-electron chi connectivity index (χ2n) is 4.39. The minimum atomic E-state index is -0.900. The highest BCUT2D eigenvalue weighted by atomic mass is 79.9. The number of aliphatic hydroxyl groups is 1. The van der Waals surface area contributed by atoms with Crippen molar-refractivity contribution in [3.8, 4) is 11.5 Å². The number of ether oxygens (including phenoxy) is 2. The molecular formula is C15H15BrFNO3. The lowest BCUT2D eigenvalue weighted by molar-refractivity contribution is 0.0615. The summed E-state index contributed by atoms with van der Waals surface area (Å²) < 4.78 is 24.8. The van der Waals surface area contributed by atoms with E-state index in [1.807, 2.05) is 0 Å². The van der Waals surface area contributed by atoms with Crippen LogP contribution in [0.3, 0.4) is 0 Å². The van der Waals surface area contributed by atoms with Gasteiger partial charge in [-0.1, -0.05) is 28.1 Å². The summed E-state index contributed by atoms with van der Waals surface area (Å²) in [5.41, 5.74) is 6.21. The number of nitrogen functional groups attached to an aromatic ring is 1. The number of hydrogen-bond acceptors (Lipinski definition) is 4. The van der Waals surface area contributed by atoms with Crippen molar-refractivity contribution in [2.75, 3.05) is 18.9 Å². The minimum absolute atomic E-state index is 0.00381. The highest BCUT2D eigenvalue weighted by molar-refractivity contribution is 9.10. The van der Waals surface area contributed by atoms with Gasteiger partial charge in [-0.05, 0) is 30.3 Å². The van der Waals surface area contributed by atoms with E-state index < -0.39 is 11.9 Å². The van der Waals surface area contributed by atoms with Crippen molar-refractivity contribution < 1.29 is 19.0 Å². The summed E-state index contributed by atoms with van der Waals surface area (Å²) in [6, 6.07) is 11.3. The first-order valence-electron chi connectivity index (χ1n) is 6.29. The molecule has 21 heavy (non-hydrogen) atoms. The minimum Gasteiger partial charge on any atom is -0.489 e. The number of para-hydroxylation sites is 2. The molecular weight excluding hydrogens is 341 g/mol. The molecule has 2 aromatic carbocycles. The Hall–Kier alpha value is -1.79. The fourth-order valence-electron chi connectivity index (χ4n) is 1.62. The molecule has 0 saturated carbocycles. The fraction of sp³-hybridized carbons (Fsp3) is 0.200. The maximum absolute atomic E-state index is 13.4. The average Bonchev–Trinajstić information content (AvgIpc) is 2.47. The van der Waals surface area contributed by atoms with Gasteiger partial charge in [0, 0.05) is 4.47 Å². The lowest BCUT2D eigenvalue weighted by Gasteiger charge is -2.15. The standard InChI is InChI=1S/C15H15BrFNO3/c16-10-5-6-12(17)15(7-10)21-9-11(19)8-20-14-4-2-1-3-13(14)18/h1-7,11,19H,8-9,18H2. The summed E-state index contributed by atoms with van der Waals surface area (Å²) in [6.07, 6.45) is -0.900. The Morgan fingerprint density at radius 1 is 1.10 bits per heavy atom. The van der Waals surface area contributed by atoms with Crippen LogP contribution in [0.1, 0.15) is 0 Å². The molecule has 2 aromatic rings. The smallest absolute Gasteiger partial charge is 0.165 e. The van der Waals surface area contributed by atoms with Crippen LogP contribution in [0.5, 0.6) is 11.5 Å². The third-order valence-electron chi connectivity index (χ3n) is 2.67. The first kappa shape index (κ1) is 15.6. The molecule has 0 aromatic heterocycles. The van der Waals surface area contributed by atoms with E-state index in [9.17, 15) is 9.50 Å². The van der Waals surface area contributed by atoms with Crippen LogP contribution >= 0.6 is 15.9 Å². The van der Waals surface area contributed by atoms with Gasteiger partial charge in [-0.3, -0.25) is 0 Å². The molecule has 0 fully saturated rings. The average molecular weight is 356 g/mol. The SMILES string of the molecule is Nc1ccccc1OCC(O)COc1cc(Br)ccc1F. The van der Waals surface area contributed by atoms with Gasteiger partial charge in [-0.2, -0.15) is 0 Å². The molecule has 0 spiro atoms. The molecule has 3 N–H and O–H groups in total. The third kappa shape index (κ3) is 4.61. The van der Waals surface area contributed by atoms with Gasteiger partial charge in [-0.15, -0.1) is 0 Å². The van der Waals surface area contributed by atoms with Crippen molar-refractivity contribution in [2.24, 2.45) is 0 Å². The van der Waals surface area contributed by atoms with E-state index in [-0.39, 0.29) is 19.0 Å². The van der Waals surface area contributed by atoms with Crippen LogP contribution in [0.2, 0.25) is 0 Å². The van der Waals surface area contributed by atoms with Crippen molar-refractivity contribution in [1.82, 2.24) is 0 Å². The highest BCUT2D eigenvalue weighted by Gasteiger charge is 2.10. The number of aliphatic hydroxyl groups excluding tert-OH is 1. The van der Waals surface area contributed by atoms with Gasteiger partial charge in [-0.25, -0.2) is 4.39 Å². The number of rotatable bonds is 6. The van der Waals surface area contributed by atoms with E-state index in [1.54, 1.807) is 30.3 Å². The zero-order valence-corrected chi connectivity index (χ0v) is 12.7. The number of benzene rings is 2. The largest absolute Gasteiger partial charge is 0.489 e. The van der Waals surface area contributed by atoms with E-state index in [1.165, 1.54) is 12.1 Å². The van der Waals surface area contributed by atoms with Crippen molar-refractivity contribution in [3.63, 3.8) is 0 Å². The second-order valence-corrected chi connectivity index (χ2v) is 5.30. The summed E-state index contributed by atoms with van der Waals surface area (Å²) in [5, 5.41) is 9.80. The van der Waals surface area contributed by atoms with E-state index in [4.69, 9.17) is 15.2 Å². The molecule has 0 radical (unpaired) electrons. The molecule has 0 aliphatic carbocycles. The molecule has 0 heterocycles. The van der Waals surface area contributed by atoms with Gasteiger partial charge in [0.15, 0.2) is 11.6 Å². The van der Waals surface area contributed by atoms with Crippen LogP contribution in [0.25, 0.3) is 0 Å². The Kier molecular flexibility index (Phi) is 5.41. The Bertz CT molecular complexity index is 609. The van der Waals surface area contributed by atoms with Gasteiger partial charge < -0.3 is 20.3 Å². The molecule has 0 aliphatic heterocycles. The molecule has 0 aliphatic rings. The Balaban J connectivity index is 1.84. The Morgan fingerprint density at radius 2 is 1.76 bits per heavy atom.